The maximum Gasteiger partial charge on any atom is 0.306 e. The van der Waals surface area contributed by atoms with Crippen molar-refractivity contribution in [3.8, 4) is 11.5 Å². The third-order valence-electron chi connectivity index (χ3n) is 7.80. The van der Waals surface area contributed by atoms with Crippen LogP contribution in [0.25, 0.3) is 0 Å². The Bertz CT molecular complexity index is 982. The molecule has 1 saturated carbocycles. The highest BCUT2D eigenvalue weighted by atomic mass is 35.5. The Kier molecular flexibility index (Phi) is 9.35. The molecule has 0 saturated heterocycles. The average molecular weight is 493 g/mol. The van der Waals surface area contributed by atoms with E-state index >= 15 is 0 Å². The van der Waals surface area contributed by atoms with Gasteiger partial charge in [0.25, 0.3) is 0 Å². The van der Waals surface area contributed by atoms with Gasteiger partial charge >= 0.3 is 5.97 Å². The van der Waals surface area contributed by atoms with Crippen molar-refractivity contribution in [1.29, 1.82) is 0 Å². The summed E-state index contributed by atoms with van der Waals surface area (Å²) in [5.41, 5.74) is 0.873. The molecule has 6 nitrogen and oxygen atoms in total. The molecule has 188 valence electrons. The number of aldehydes is 1. The fourth-order valence-corrected chi connectivity index (χ4v) is 5.02. The molecule has 1 aliphatic rings. The SMILES string of the molecule is CCCC(=O)O[C@@H](C[C@@]1(C)[C@H](C)CCC(=O)[C@@H]1C)/C(C)=C/Cc1c(O)c(Cl)c(C)c(C=O)c1O. The van der Waals surface area contributed by atoms with Gasteiger partial charge in [-0.05, 0) is 62.0 Å². The Morgan fingerprint density at radius 1 is 1.29 bits per heavy atom. The second-order valence-corrected chi connectivity index (χ2v) is 10.2. The van der Waals surface area contributed by atoms with Crippen LogP contribution in [-0.4, -0.2) is 34.4 Å². The van der Waals surface area contributed by atoms with E-state index in [2.05, 4.69) is 13.8 Å². The number of carbonyl (C=O) groups excluding carboxylic acids is 3. The molecule has 0 radical (unpaired) electrons. The molecule has 1 aliphatic carbocycles. The van der Waals surface area contributed by atoms with Crippen molar-refractivity contribution < 1.29 is 29.3 Å². The minimum Gasteiger partial charge on any atom is -0.507 e. The molecule has 4 atom stereocenters. The fourth-order valence-electron chi connectivity index (χ4n) is 4.81. The molecule has 2 N–H and O–H groups in total. The number of ketones is 1. The number of phenolic OH excluding ortho intramolecular Hbond substituents is 2. The Hall–Kier alpha value is -2.34. The first-order valence-electron chi connectivity index (χ1n) is 12.0. The van der Waals surface area contributed by atoms with Crippen molar-refractivity contribution >= 4 is 29.6 Å². The third kappa shape index (κ3) is 5.65. The van der Waals surface area contributed by atoms with Gasteiger partial charge in [0.15, 0.2) is 6.29 Å². The summed E-state index contributed by atoms with van der Waals surface area (Å²) < 4.78 is 5.86. The predicted octanol–water partition coefficient (Wildman–Crippen LogP) is 6.10. The van der Waals surface area contributed by atoms with Crippen LogP contribution in [0.3, 0.4) is 0 Å². The van der Waals surface area contributed by atoms with Gasteiger partial charge in [-0.3, -0.25) is 14.4 Å². The maximum atomic E-state index is 12.5. The van der Waals surface area contributed by atoms with Gasteiger partial charge in [0.05, 0.1) is 10.6 Å². The molecule has 1 aromatic rings. The summed E-state index contributed by atoms with van der Waals surface area (Å²) in [6.07, 6.45) is 4.62. The molecule has 0 unspecified atom stereocenters. The molecule has 0 bridgehead atoms. The van der Waals surface area contributed by atoms with E-state index in [1.807, 2.05) is 20.8 Å². The highest BCUT2D eigenvalue weighted by Gasteiger charge is 2.45. The van der Waals surface area contributed by atoms with Crippen LogP contribution in [0.1, 0.15) is 88.2 Å². The summed E-state index contributed by atoms with van der Waals surface area (Å²) in [7, 11) is 0. The fraction of sp³-hybridized carbons (Fsp3) is 0.593. The second-order valence-electron chi connectivity index (χ2n) is 9.86. The summed E-state index contributed by atoms with van der Waals surface area (Å²) in [5.74, 6) is -0.553. The number of halogens is 1. The molecule has 2 rings (SSSR count). The lowest BCUT2D eigenvalue weighted by Gasteiger charge is -2.45. The van der Waals surface area contributed by atoms with E-state index in [0.29, 0.717) is 37.5 Å². The van der Waals surface area contributed by atoms with Crippen molar-refractivity contribution in [3.05, 3.63) is 33.4 Å². The lowest BCUT2D eigenvalue weighted by Crippen LogP contribution is -2.44. The quantitative estimate of drug-likeness (QED) is 0.245. The van der Waals surface area contributed by atoms with Gasteiger partial charge in [0.2, 0.25) is 0 Å². The lowest BCUT2D eigenvalue weighted by atomic mass is 9.59. The number of Topliss-reactive ketones (excluding diaryl/α,β-unsaturated/α-hetero) is 1. The second kappa shape index (κ2) is 11.4. The van der Waals surface area contributed by atoms with E-state index in [1.54, 1.807) is 13.0 Å². The number of ether oxygens (including phenoxy) is 1. The van der Waals surface area contributed by atoms with Crippen LogP contribution in [0.4, 0.5) is 0 Å². The number of allylic oxidation sites excluding steroid dienone is 1. The summed E-state index contributed by atoms with van der Waals surface area (Å²) in [4.78, 5) is 36.4. The average Bonchev–Trinajstić information content (AvgIpc) is 2.79. The molecule has 0 amide bonds. The number of benzene rings is 1. The van der Waals surface area contributed by atoms with E-state index in [1.165, 1.54) is 0 Å². The topological polar surface area (TPSA) is 101 Å². The lowest BCUT2D eigenvalue weighted by molar-refractivity contribution is -0.150. The van der Waals surface area contributed by atoms with Crippen LogP contribution in [-0.2, 0) is 20.7 Å². The summed E-state index contributed by atoms with van der Waals surface area (Å²) in [6, 6.07) is 0. The smallest absolute Gasteiger partial charge is 0.306 e. The summed E-state index contributed by atoms with van der Waals surface area (Å²) in [6.45, 7) is 11.5. The van der Waals surface area contributed by atoms with Gasteiger partial charge in [0, 0.05) is 24.3 Å². The van der Waals surface area contributed by atoms with Crippen LogP contribution in [0.15, 0.2) is 11.6 Å². The van der Waals surface area contributed by atoms with E-state index in [-0.39, 0.29) is 63.1 Å². The Balaban J connectivity index is 2.42. The van der Waals surface area contributed by atoms with E-state index < -0.39 is 6.10 Å². The zero-order valence-electron chi connectivity index (χ0n) is 21.0. The first-order chi connectivity index (χ1) is 15.9. The molecule has 0 heterocycles. The van der Waals surface area contributed by atoms with E-state index in [4.69, 9.17) is 16.3 Å². The molecular formula is C27H37ClO6. The van der Waals surface area contributed by atoms with Crippen molar-refractivity contribution in [2.75, 3.05) is 0 Å². The standard InChI is InChI=1S/C27H37ClO6/c1-7-8-23(31)34-22(13-27(6)16(3)10-12-21(30)18(27)5)15(2)9-11-19-25(32)20(14-29)17(4)24(28)26(19)33/h9,14,16,18,22,32-33H,7-8,10-13H2,1-6H3/b15-9+/t16-,18+,22+,27+/m1/s1. The zero-order chi connectivity index (χ0) is 25.8. The first kappa shape index (κ1) is 27.9. The van der Waals surface area contributed by atoms with E-state index in [9.17, 15) is 24.6 Å². The molecule has 0 aliphatic heterocycles. The number of phenols is 2. The van der Waals surface area contributed by atoms with Crippen molar-refractivity contribution in [3.63, 3.8) is 0 Å². The largest absolute Gasteiger partial charge is 0.507 e. The number of esters is 1. The van der Waals surface area contributed by atoms with Gasteiger partial charge in [-0.2, -0.15) is 0 Å². The summed E-state index contributed by atoms with van der Waals surface area (Å²) in [5, 5.41) is 21.0. The number of rotatable bonds is 9. The highest BCUT2D eigenvalue weighted by Crippen LogP contribution is 2.48. The van der Waals surface area contributed by atoms with Gasteiger partial charge in [-0.1, -0.05) is 45.4 Å². The number of hydrogen-bond donors (Lipinski definition) is 2. The Labute approximate surface area is 207 Å². The van der Waals surface area contributed by atoms with Gasteiger partial charge in [0.1, 0.15) is 23.4 Å². The zero-order valence-corrected chi connectivity index (χ0v) is 21.8. The molecule has 34 heavy (non-hydrogen) atoms. The molecule has 7 heteroatoms. The van der Waals surface area contributed by atoms with Crippen LogP contribution in [0, 0.1) is 24.2 Å². The number of aromatic hydroxyl groups is 2. The van der Waals surface area contributed by atoms with Crippen molar-refractivity contribution in [2.45, 2.75) is 86.2 Å². The van der Waals surface area contributed by atoms with Crippen LogP contribution in [0.5, 0.6) is 11.5 Å². The van der Waals surface area contributed by atoms with E-state index in [0.717, 1.165) is 12.0 Å². The third-order valence-corrected chi connectivity index (χ3v) is 8.26. The minimum atomic E-state index is -0.560. The predicted molar refractivity (Wildman–Crippen MR) is 132 cm³/mol. The Morgan fingerprint density at radius 2 is 1.94 bits per heavy atom. The van der Waals surface area contributed by atoms with Crippen molar-refractivity contribution in [1.82, 2.24) is 0 Å². The van der Waals surface area contributed by atoms with Gasteiger partial charge in [-0.15, -0.1) is 0 Å². The number of carbonyl (C=O) groups is 3. The molecule has 0 spiro atoms. The van der Waals surface area contributed by atoms with Gasteiger partial charge < -0.3 is 14.9 Å². The van der Waals surface area contributed by atoms with Crippen LogP contribution in [0.2, 0.25) is 5.02 Å². The highest BCUT2D eigenvalue weighted by molar-refractivity contribution is 6.33. The first-order valence-corrected chi connectivity index (χ1v) is 12.3. The van der Waals surface area contributed by atoms with Crippen LogP contribution >= 0.6 is 11.6 Å². The number of hydrogen-bond acceptors (Lipinski definition) is 6. The monoisotopic (exact) mass is 492 g/mol. The normalized spacial score (nSPS) is 24.1. The van der Waals surface area contributed by atoms with Crippen LogP contribution < -0.4 is 0 Å². The molecule has 1 aromatic carbocycles. The Morgan fingerprint density at radius 3 is 2.53 bits per heavy atom. The summed E-state index contributed by atoms with van der Waals surface area (Å²) >= 11 is 6.17. The molecule has 0 aromatic heterocycles. The maximum absolute atomic E-state index is 12.5. The van der Waals surface area contributed by atoms with Gasteiger partial charge in [-0.25, -0.2) is 0 Å². The molecule has 1 fully saturated rings. The molecular weight excluding hydrogens is 456 g/mol. The van der Waals surface area contributed by atoms with Crippen molar-refractivity contribution in [2.24, 2.45) is 17.3 Å². The minimum absolute atomic E-state index is 0.0164.